The number of nitrogens with zero attached hydrogens (tertiary/aromatic N) is 1. The van der Waals surface area contributed by atoms with Gasteiger partial charge in [-0.3, -0.25) is 14.5 Å². The average molecular weight is 468 g/mol. The predicted molar refractivity (Wildman–Crippen MR) is 122 cm³/mol. The SMILES string of the molecule is COc1ccc(N2C(=O)C(=O)/C(=C(/O)c3cc(OC)ccc3Cl)C2c2ccccc2F)cc1. The van der Waals surface area contributed by atoms with Crippen molar-refractivity contribution in [1.29, 1.82) is 0 Å². The van der Waals surface area contributed by atoms with Crippen LogP contribution in [0.4, 0.5) is 10.1 Å². The van der Waals surface area contributed by atoms with Crippen LogP contribution in [0.5, 0.6) is 11.5 Å². The summed E-state index contributed by atoms with van der Waals surface area (Å²) >= 11 is 6.27. The number of benzene rings is 3. The number of ketones is 1. The van der Waals surface area contributed by atoms with Gasteiger partial charge in [0.25, 0.3) is 11.7 Å². The Hall–Kier alpha value is -3.84. The summed E-state index contributed by atoms with van der Waals surface area (Å²) in [4.78, 5) is 27.4. The molecule has 1 saturated heterocycles. The van der Waals surface area contributed by atoms with Crippen LogP contribution in [0.3, 0.4) is 0 Å². The van der Waals surface area contributed by atoms with Crippen LogP contribution in [0, 0.1) is 5.82 Å². The monoisotopic (exact) mass is 467 g/mol. The van der Waals surface area contributed by atoms with Crippen molar-refractivity contribution in [3.05, 3.63) is 94.3 Å². The summed E-state index contributed by atoms with van der Waals surface area (Å²) in [6, 6.07) is 15.5. The van der Waals surface area contributed by atoms with Crippen LogP contribution in [0.2, 0.25) is 5.02 Å². The molecule has 1 atom stereocenters. The van der Waals surface area contributed by atoms with Gasteiger partial charge in [-0.1, -0.05) is 29.8 Å². The van der Waals surface area contributed by atoms with Crippen LogP contribution in [-0.2, 0) is 9.59 Å². The maximum absolute atomic E-state index is 14.9. The number of amides is 1. The fourth-order valence-corrected chi connectivity index (χ4v) is 4.00. The number of hydrogen-bond acceptors (Lipinski definition) is 5. The Bertz CT molecular complexity index is 1270. The number of carbonyl (C=O) groups excluding carboxylic acids is 2. The van der Waals surface area contributed by atoms with Gasteiger partial charge in [0.15, 0.2) is 0 Å². The number of Topliss-reactive ketones (excluding diaryl/α,β-unsaturated/α-hetero) is 1. The van der Waals surface area contributed by atoms with Crippen molar-refractivity contribution >= 4 is 34.7 Å². The zero-order valence-electron chi connectivity index (χ0n) is 17.7. The maximum atomic E-state index is 14.9. The number of ether oxygens (including phenoxy) is 2. The minimum atomic E-state index is -1.22. The highest BCUT2D eigenvalue weighted by Crippen LogP contribution is 2.44. The van der Waals surface area contributed by atoms with Gasteiger partial charge in [0.1, 0.15) is 23.1 Å². The summed E-state index contributed by atoms with van der Waals surface area (Å²) in [5.41, 5.74) is 0.191. The van der Waals surface area contributed by atoms with Crippen molar-refractivity contribution in [2.45, 2.75) is 6.04 Å². The number of carbonyl (C=O) groups is 2. The fraction of sp³-hybridized carbons (Fsp3) is 0.120. The van der Waals surface area contributed by atoms with Crippen LogP contribution >= 0.6 is 11.6 Å². The zero-order valence-corrected chi connectivity index (χ0v) is 18.5. The molecule has 1 aliphatic rings. The van der Waals surface area contributed by atoms with Crippen LogP contribution in [-0.4, -0.2) is 31.0 Å². The highest BCUT2D eigenvalue weighted by Gasteiger charge is 2.48. The van der Waals surface area contributed by atoms with Crippen LogP contribution < -0.4 is 14.4 Å². The van der Waals surface area contributed by atoms with E-state index in [0.717, 1.165) is 4.90 Å². The number of hydrogen-bond donors (Lipinski definition) is 1. The van der Waals surface area contributed by atoms with Gasteiger partial charge < -0.3 is 14.6 Å². The van der Waals surface area contributed by atoms with E-state index in [4.69, 9.17) is 21.1 Å². The minimum absolute atomic E-state index is 0.0492. The molecule has 8 heteroatoms. The molecule has 3 aromatic rings. The van der Waals surface area contributed by atoms with E-state index in [2.05, 4.69) is 0 Å². The lowest BCUT2D eigenvalue weighted by Crippen LogP contribution is -2.29. The van der Waals surface area contributed by atoms with Crippen molar-refractivity contribution in [1.82, 2.24) is 0 Å². The van der Waals surface area contributed by atoms with Gasteiger partial charge in [-0.25, -0.2) is 4.39 Å². The summed E-state index contributed by atoms with van der Waals surface area (Å²) in [7, 11) is 2.94. The summed E-state index contributed by atoms with van der Waals surface area (Å²) in [5, 5.41) is 11.3. The quantitative estimate of drug-likeness (QED) is 0.320. The molecule has 1 amide bonds. The van der Waals surface area contributed by atoms with Gasteiger partial charge in [0.05, 0.1) is 30.9 Å². The smallest absolute Gasteiger partial charge is 0.300 e. The van der Waals surface area contributed by atoms with E-state index in [1.54, 1.807) is 36.4 Å². The standard InChI is InChI=1S/C25H19ClFNO5/c1-32-15-9-7-14(8-10-15)28-22(17-5-3-4-6-20(17)27)21(24(30)25(28)31)23(29)18-13-16(33-2)11-12-19(18)26/h3-13,22,29H,1-2H3/b23-21+. The zero-order chi connectivity index (χ0) is 23.7. The fourth-order valence-electron chi connectivity index (χ4n) is 3.79. The molecule has 168 valence electrons. The van der Waals surface area contributed by atoms with E-state index in [-0.39, 0.29) is 21.7 Å². The van der Waals surface area contributed by atoms with Gasteiger partial charge in [-0.2, -0.15) is 0 Å². The number of rotatable bonds is 5. The third kappa shape index (κ3) is 3.91. The first-order chi connectivity index (χ1) is 15.9. The molecule has 1 N–H and O–H groups in total. The second-order valence-corrected chi connectivity index (χ2v) is 7.64. The van der Waals surface area contributed by atoms with Crippen LogP contribution in [0.1, 0.15) is 17.2 Å². The summed E-state index contributed by atoms with van der Waals surface area (Å²) in [6.45, 7) is 0. The molecule has 33 heavy (non-hydrogen) atoms. The number of aliphatic hydroxyl groups excluding tert-OH is 1. The van der Waals surface area contributed by atoms with Gasteiger partial charge in [-0.05, 0) is 48.5 Å². The normalized spacial score (nSPS) is 17.3. The Labute approximate surface area is 194 Å². The van der Waals surface area contributed by atoms with E-state index in [1.807, 2.05) is 0 Å². The summed E-state index contributed by atoms with van der Waals surface area (Å²) in [5.74, 6) is -2.11. The Kier molecular flexibility index (Phi) is 6.07. The van der Waals surface area contributed by atoms with Gasteiger partial charge >= 0.3 is 0 Å². The molecule has 0 radical (unpaired) electrons. The molecule has 1 heterocycles. The number of anilines is 1. The first-order valence-corrected chi connectivity index (χ1v) is 10.3. The first kappa shape index (κ1) is 22.4. The second-order valence-electron chi connectivity index (χ2n) is 7.23. The third-order valence-corrected chi connectivity index (χ3v) is 5.75. The van der Waals surface area contributed by atoms with E-state index < -0.39 is 29.3 Å². The molecule has 0 aromatic heterocycles. The molecular weight excluding hydrogens is 449 g/mol. The Balaban J connectivity index is 1.97. The first-order valence-electron chi connectivity index (χ1n) is 9.90. The average Bonchev–Trinajstić information content (AvgIpc) is 3.09. The topological polar surface area (TPSA) is 76.1 Å². The van der Waals surface area contributed by atoms with E-state index in [0.29, 0.717) is 17.2 Å². The molecule has 0 bridgehead atoms. The van der Waals surface area contributed by atoms with Gasteiger partial charge in [-0.15, -0.1) is 0 Å². The highest BCUT2D eigenvalue weighted by atomic mass is 35.5. The predicted octanol–water partition coefficient (Wildman–Crippen LogP) is 5.12. The molecule has 0 spiro atoms. The largest absolute Gasteiger partial charge is 0.507 e. The molecule has 1 fully saturated rings. The molecule has 0 aliphatic carbocycles. The summed E-state index contributed by atoms with van der Waals surface area (Å²) in [6.07, 6.45) is 0. The Morgan fingerprint density at radius 3 is 2.24 bits per heavy atom. The van der Waals surface area contributed by atoms with Crippen LogP contribution in [0.25, 0.3) is 5.76 Å². The van der Waals surface area contributed by atoms with E-state index >= 15 is 0 Å². The lowest BCUT2D eigenvalue weighted by molar-refractivity contribution is -0.132. The number of methoxy groups -OCH3 is 2. The molecule has 1 aliphatic heterocycles. The Morgan fingerprint density at radius 1 is 0.970 bits per heavy atom. The molecule has 6 nitrogen and oxygen atoms in total. The van der Waals surface area contributed by atoms with Crippen molar-refractivity contribution in [2.75, 3.05) is 19.1 Å². The van der Waals surface area contributed by atoms with Crippen LogP contribution in [0.15, 0.2) is 72.3 Å². The van der Waals surface area contributed by atoms with Crippen molar-refractivity contribution in [2.24, 2.45) is 0 Å². The van der Waals surface area contributed by atoms with Crippen molar-refractivity contribution in [3.63, 3.8) is 0 Å². The third-order valence-electron chi connectivity index (χ3n) is 5.42. The molecule has 3 aromatic carbocycles. The van der Waals surface area contributed by atoms with E-state index in [1.165, 1.54) is 44.6 Å². The lowest BCUT2D eigenvalue weighted by atomic mass is 9.94. The minimum Gasteiger partial charge on any atom is -0.507 e. The van der Waals surface area contributed by atoms with Gasteiger partial charge in [0, 0.05) is 16.8 Å². The lowest BCUT2D eigenvalue weighted by Gasteiger charge is -2.26. The Morgan fingerprint density at radius 2 is 1.61 bits per heavy atom. The molecule has 4 rings (SSSR count). The van der Waals surface area contributed by atoms with Gasteiger partial charge in [0.2, 0.25) is 0 Å². The molecule has 0 saturated carbocycles. The van der Waals surface area contributed by atoms with Crippen molar-refractivity contribution in [3.8, 4) is 11.5 Å². The highest BCUT2D eigenvalue weighted by molar-refractivity contribution is 6.52. The number of aliphatic hydroxyl groups is 1. The molecule has 1 unspecified atom stereocenters. The van der Waals surface area contributed by atoms with Crippen molar-refractivity contribution < 1.29 is 28.6 Å². The van der Waals surface area contributed by atoms with E-state index in [9.17, 15) is 19.1 Å². The summed E-state index contributed by atoms with van der Waals surface area (Å²) < 4.78 is 25.3. The second kappa shape index (κ2) is 8.96. The molecular formula is C25H19ClFNO5. The number of halogens is 2. The maximum Gasteiger partial charge on any atom is 0.300 e.